The molecule has 1 aliphatic carbocycles. The smallest absolute Gasteiger partial charge is 0.221 e. The fourth-order valence-corrected chi connectivity index (χ4v) is 3.95. The standard InChI is InChI=1S/C17H33N3O.ClH/c1-14-6-2-3-7-15(14)13-20-11-5-4-8-16(20)12-19-17(21)9-10-18;/h14-16H,2-13,18H2,1H3,(H,19,21);1H. The van der Waals surface area contributed by atoms with E-state index in [-0.39, 0.29) is 18.3 Å². The molecule has 2 fully saturated rings. The maximum Gasteiger partial charge on any atom is 0.221 e. The summed E-state index contributed by atoms with van der Waals surface area (Å²) >= 11 is 0. The van der Waals surface area contributed by atoms with Gasteiger partial charge in [-0.05, 0) is 37.6 Å². The van der Waals surface area contributed by atoms with Gasteiger partial charge >= 0.3 is 0 Å². The Balaban J connectivity index is 0.00000242. The topological polar surface area (TPSA) is 58.4 Å². The van der Waals surface area contributed by atoms with Crippen LogP contribution >= 0.6 is 12.4 Å². The van der Waals surface area contributed by atoms with Crippen LogP contribution in [-0.4, -0.2) is 43.0 Å². The van der Waals surface area contributed by atoms with Crippen molar-refractivity contribution in [2.75, 3.05) is 26.2 Å². The number of halogens is 1. The number of likely N-dealkylation sites (tertiary alicyclic amines) is 1. The van der Waals surface area contributed by atoms with Crippen LogP contribution in [0.4, 0.5) is 0 Å². The Kier molecular flexibility index (Phi) is 9.37. The highest BCUT2D eigenvalue weighted by Crippen LogP contribution is 2.31. The minimum absolute atomic E-state index is 0. The highest BCUT2D eigenvalue weighted by atomic mass is 35.5. The molecule has 1 amide bonds. The zero-order valence-electron chi connectivity index (χ0n) is 14.1. The van der Waals surface area contributed by atoms with Gasteiger partial charge in [0.1, 0.15) is 0 Å². The van der Waals surface area contributed by atoms with Gasteiger partial charge < -0.3 is 11.1 Å². The summed E-state index contributed by atoms with van der Waals surface area (Å²) in [5.74, 6) is 1.83. The van der Waals surface area contributed by atoms with Gasteiger partial charge in [0.2, 0.25) is 5.91 Å². The summed E-state index contributed by atoms with van der Waals surface area (Å²) < 4.78 is 0. The Hall–Kier alpha value is -0.320. The summed E-state index contributed by atoms with van der Waals surface area (Å²) in [6, 6.07) is 0.537. The third-order valence-electron chi connectivity index (χ3n) is 5.41. The maximum absolute atomic E-state index is 11.6. The van der Waals surface area contributed by atoms with Gasteiger partial charge in [-0.2, -0.15) is 0 Å². The van der Waals surface area contributed by atoms with Crippen molar-refractivity contribution in [3.05, 3.63) is 0 Å². The first-order chi connectivity index (χ1) is 10.2. The number of nitrogens with one attached hydrogen (secondary N) is 1. The minimum Gasteiger partial charge on any atom is -0.354 e. The molecular weight excluding hydrogens is 298 g/mol. The van der Waals surface area contributed by atoms with Crippen molar-refractivity contribution in [1.29, 1.82) is 0 Å². The third-order valence-corrected chi connectivity index (χ3v) is 5.41. The maximum atomic E-state index is 11.6. The van der Waals surface area contributed by atoms with E-state index in [1.807, 2.05) is 0 Å². The van der Waals surface area contributed by atoms with Crippen molar-refractivity contribution in [3.63, 3.8) is 0 Å². The highest BCUT2D eigenvalue weighted by Gasteiger charge is 2.28. The van der Waals surface area contributed by atoms with Gasteiger partial charge in [0, 0.05) is 32.1 Å². The van der Waals surface area contributed by atoms with Gasteiger partial charge in [-0.3, -0.25) is 9.69 Å². The van der Waals surface area contributed by atoms with Crippen LogP contribution in [-0.2, 0) is 4.79 Å². The predicted molar refractivity (Wildman–Crippen MR) is 94.3 cm³/mol. The molecule has 0 aromatic carbocycles. The first kappa shape index (κ1) is 19.7. The van der Waals surface area contributed by atoms with Crippen molar-refractivity contribution in [2.45, 2.75) is 64.3 Å². The molecule has 1 aliphatic heterocycles. The van der Waals surface area contributed by atoms with E-state index in [1.165, 1.54) is 58.0 Å². The van der Waals surface area contributed by atoms with Crippen LogP contribution in [0.2, 0.25) is 0 Å². The van der Waals surface area contributed by atoms with E-state index < -0.39 is 0 Å². The van der Waals surface area contributed by atoms with Gasteiger partial charge in [-0.1, -0.05) is 32.6 Å². The normalized spacial score (nSPS) is 29.6. The number of amides is 1. The van der Waals surface area contributed by atoms with E-state index in [2.05, 4.69) is 17.1 Å². The zero-order valence-corrected chi connectivity index (χ0v) is 14.9. The summed E-state index contributed by atoms with van der Waals surface area (Å²) in [7, 11) is 0. The molecule has 0 aromatic rings. The summed E-state index contributed by atoms with van der Waals surface area (Å²) in [5.41, 5.74) is 5.43. The summed E-state index contributed by atoms with van der Waals surface area (Å²) in [6.45, 7) is 6.12. The minimum atomic E-state index is 0. The van der Waals surface area contributed by atoms with Crippen molar-refractivity contribution in [1.82, 2.24) is 10.2 Å². The molecule has 0 bridgehead atoms. The summed E-state index contributed by atoms with van der Waals surface area (Å²) in [6.07, 6.45) is 9.90. The molecule has 22 heavy (non-hydrogen) atoms. The second-order valence-corrected chi connectivity index (χ2v) is 7.01. The van der Waals surface area contributed by atoms with Crippen LogP contribution < -0.4 is 11.1 Å². The van der Waals surface area contributed by atoms with E-state index in [0.29, 0.717) is 19.0 Å². The molecule has 2 rings (SSSR count). The lowest BCUT2D eigenvalue weighted by Gasteiger charge is -2.40. The molecule has 1 saturated heterocycles. The molecule has 1 heterocycles. The number of carbonyl (C=O) groups is 1. The molecular formula is C17H34ClN3O. The third kappa shape index (κ3) is 6.05. The van der Waals surface area contributed by atoms with Crippen LogP contribution in [0.25, 0.3) is 0 Å². The first-order valence-electron chi connectivity index (χ1n) is 8.91. The fraction of sp³-hybridized carbons (Fsp3) is 0.941. The Morgan fingerprint density at radius 1 is 1.18 bits per heavy atom. The second-order valence-electron chi connectivity index (χ2n) is 7.01. The monoisotopic (exact) mass is 331 g/mol. The molecule has 0 spiro atoms. The number of nitrogens with zero attached hydrogens (tertiary/aromatic N) is 1. The number of piperidine rings is 1. The lowest BCUT2D eigenvalue weighted by atomic mass is 9.79. The second kappa shape index (κ2) is 10.5. The molecule has 5 heteroatoms. The van der Waals surface area contributed by atoms with Gasteiger partial charge in [-0.25, -0.2) is 0 Å². The molecule has 0 aromatic heterocycles. The average Bonchev–Trinajstić information content (AvgIpc) is 2.49. The quantitative estimate of drug-likeness (QED) is 0.786. The molecule has 3 unspecified atom stereocenters. The Labute approximate surface area is 142 Å². The van der Waals surface area contributed by atoms with Crippen LogP contribution in [0.5, 0.6) is 0 Å². The SMILES string of the molecule is CC1CCCCC1CN1CCCCC1CNC(=O)CCN.Cl. The van der Waals surface area contributed by atoms with E-state index >= 15 is 0 Å². The number of hydrogen-bond donors (Lipinski definition) is 2. The van der Waals surface area contributed by atoms with Gasteiger partial charge in [0.15, 0.2) is 0 Å². The van der Waals surface area contributed by atoms with E-state index in [1.54, 1.807) is 0 Å². The number of hydrogen-bond acceptors (Lipinski definition) is 3. The molecule has 2 aliphatic rings. The van der Waals surface area contributed by atoms with Crippen LogP contribution in [0.3, 0.4) is 0 Å². The first-order valence-corrected chi connectivity index (χ1v) is 8.91. The summed E-state index contributed by atoms with van der Waals surface area (Å²) in [5, 5.41) is 3.07. The number of carbonyl (C=O) groups excluding carboxylic acids is 1. The molecule has 3 N–H and O–H groups in total. The average molecular weight is 332 g/mol. The van der Waals surface area contributed by atoms with Crippen molar-refractivity contribution in [2.24, 2.45) is 17.6 Å². The van der Waals surface area contributed by atoms with Crippen LogP contribution in [0.1, 0.15) is 58.3 Å². The number of nitrogens with two attached hydrogens (primary N) is 1. The van der Waals surface area contributed by atoms with Crippen LogP contribution in [0, 0.1) is 11.8 Å². The lowest BCUT2D eigenvalue weighted by Crippen LogP contribution is -2.49. The van der Waals surface area contributed by atoms with Gasteiger partial charge in [0.25, 0.3) is 0 Å². The Morgan fingerprint density at radius 3 is 2.64 bits per heavy atom. The molecule has 1 saturated carbocycles. The largest absolute Gasteiger partial charge is 0.354 e. The van der Waals surface area contributed by atoms with Crippen molar-refractivity contribution < 1.29 is 4.79 Å². The van der Waals surface area contributed by atoms with Crippen molar-refractivity contribution in [3.8, 4) is 0 Å². The van der Waals surface area contributed by atoms with E-state index in [4.69, 9.17) is 5.73 Å². The van der Waals surface area contributed by atoms with E-state index in [0.717, 1.165) is 18.4 Å². The fourth-order valence-electron chi connectivity index (χ4n) is 3.95. The van der Waals surface area contributed by atoms with Gasteiger partial charge in [0.05, 0.1) is 0 Å². The Bertz CT molecular complexity index is 327. The predicted octanol–water partition coefficient (Wildman–Crippen LogP) is 2.55. The molecule has 0 radical (unpaired) electrons. The van der Waals surface area contributed by atoms with Crippen LogP contribution in [0.15, 0.2) is 0 Å². The lowest BCUT2D eigenvalue weighted by molar-refractivity contribution is -0.121. The van der Waals surface area contributed by atoms with Gasteiger partial charge in [-0.15, -0.1) is 12.4 Å². The molecule has 3 atom stereocenters. The van der Waals surface area contributed by atoms with Crippen molar-refractivity contribution >= 4 is 18.3 Å². The molecule has 4 nitrogen and oxygen atoms in total. The van der Waals surface area contributed by atoms with E-state index in [9.17, 15) is 4.79 Å². The number of rotatable bonds is 6. The Morgan fingerprint density at radius 2 is 1.91 bits per heavy atom. The highest BCUT2D eigenvalue weighted by molar-refractivity contribution is 5.85. The molecule has 130 valence electrons. The zero-order chi connectivity index (χ0) is 15.1. The summed E-state index contributed by atoms with van der Waals surface area (Å²) in [4.78, 5) is 14.3.